The molecule has 1 aliphatic heterocycles. The fraction of sp³-hybridized carbons (Fsp3) is 0.571. The van der Waals surface area contributed by atoms with E-state index in [1.165, 1.54) is 11.3 Å². The number of halogens is 1. The first kappa shape index (κ1) is 13.8. The van der Waals surface area contributed by atoms with E-state index in [-0.39, 0.29) is 12.1 Å². The van der Waals surface area contributed by atoms with Crippen molar-refractivity contribution in [1.29, 1.82) is 0 Å². The van der Waals surface area contributed by atoms with Crippen LogP contribution in [0.25, 0.3) is 0 Å². The summed E-state index contributed by atoms with van der Waals surface area (Å²) in [4.78, 5) is 2.36. The van der Waals surface area contributed by atoms with Gasteiger partial charge in [-0.3, -0.25) is 0 Å². The number of anilines is 1. The SMILES string of the molecule is CNC1(CO)CCCN(c2ccc(Br)c(C)c2)C1. The molecule has 1 saturated heterocycles. The quantitative estimate of drug-likeness (QED) is 0.899. The van der Waals surface area contributed by atoms with Gasteiger partial charge in [0.05, 0.1) is 12.1 Å². The van der Waals surface area contributed by atoms with E-state index in [1.54, 1.807) is 0 Å². The summed E-state index contributed by atoms with van der Waals surface area (Å²) in [7, 11) is 1.94. The molecule has 0 saturated carbocycles. The van der Waals surface area contributed by atoms with Crippen molar-refractivity contribution < 1.29 is 5.11 Å². The predicted molar refractivity (Wildman–Crippen MR) is 79.2 cm³/mol. The maximum Gasteiger partial charge on any atom is 0.0630 e. The number of hydrogen-bond acceptors (Lipinski definition) is 3. The number of aliphatic hydroxyl groups is 1. The molecule has 3 nitrogen and oxygen atoms in total. The summed E-state index contributed by atoms with van der Waals surface area (Å²) >= 11 is 3.53. The minimum absolute atomic E-state index is 0.154. The van der Waals surface area contributed by atoms with Gasteiger partial charge in [-0.1, -0.05) is 15.9 Å². The number of nitrogens with one attached hydrogen (secondary N) is 1. The Bertz CT molecular complexity index is 418. The molecule has 18 heavy (non-hydrogen) atoms. The average Bonchev–Trinajstić information content (AvgIpc) is 2.42. The Hall–Kier alpha value is -0.580. The highest BCUT2D eigenvalue weighted by molar-refractivity contribution is 9.10. The van der Waals surface area contributed by atoms with Gasteiger partial charge in [-0.05, 0) is 50.6 Å². The number of likely N-dealkylation sites (N-methyl/N-ethyl adjacent to an activating group) is 1. The van der Waals surface area contributed by atoms with Crippen molar-refractivity contribution >= 4 is 21.6 Å². The van der Waals surface area contributed by atoms with Gasteiger partial charge in [0.1, 0.15) is 0 Å². The van der Waals surface area contributed by atoms with Crippen LogP contribution >= 0.6 is 15.9 Å². The normalized spacial score (nSPS) is 24.3. The Morgan fingerprint density at radius 3 is 2.89 bits per heavy atom. The molecule has 0 aromatic heterocycles. The van der Waals surface area contributed by atoms with E-state index in [0.29, 0.717) is 0 Å². The third-order valence-electron chi connectivity index (χ3n) is 3.92. The summed E-state index contributed by atoms with van der Waals surface area (Å²) in [5, 5.41) is 12.9. The van der Waals surface area contributed by atoms with E-state index in [0.717, 1.165) is 30.4 Å². The standard InChI is InChI=1S/C14H21BrN2O/c1-11-8-12(4-5-13(11)15)17-7-3-6-14(9-17,10-18)16-2/h4-5,8,16,18H,3,6-7,9-10H2,1-2H3. The third-order valence-corrected chi connectivity index (χ3v) is 4.81. The third kappa shape index (κ3) is 2.71. The van der Waals surface area contributed by atoms with Crippen molar-refractivity contribution in [3.63, 3.8) is 0 Å². The van der Waals surface area contributed by atoms with Crippen LogP contribution in [0.4, 0.5) is 5.69 Å². The van der Waals surface area contributed by atoms with Gasteiger partial charge in [0, 0.05) is 23.2 Å². The van der Waals surface area contributed by atoms with Crippen LogP contribution in [0.5, 0.6) is 0 Å². The minimum atomic E-state index is -0.154. The van der Waals surface area contributed by atoms with Gasteiger partial charge in [0.15, 0.2) is 0 Å². The Balaban J connectivity index is 2.20. The van der Waals surface area contributed by atoms with Gasteiger partial charge in [0.2, 0.25) is 0 Å². The monoisotopic (exact) mass is 312 g/mol. The van der Waals surface area contributed by atoms with Crippen LogP contribution in [0, 0.1) is 6.92 Å². The molecule has 1 aromatic rings. The largest absolute Gasteiger partial charge is 0.394 e. The lowest BCUT2D eigenvalue weighted by Gasteiger charge is -2.42. The van der Waals surface area contributed by atoms with E-state index in [4.69, 9.17) is 0 Å². The molecule has 0 bridgehead atoms. The van der Waals surface area contributed by atoms with Gasteiger partial charge in [0.25, 0.3) is 0 Å². The lowest BCUT2D eigenvalue weighted by Crippen LogP contribution is -2.58. The number of aliphatic hydroxyl groups excluding tert-OH is 1. The molecule has 1 heterocycles. The summed E-state index contributed by atoms with van der Waals surface area (Å²) in [5.41, 5.74) is 2.33. The lowest BCUT2D eigenvalue weighted by molar-refractivity contribution is 0.149. The predicted octanol–water partition coefficient (Wildman–Crippen LogP) is 2.31. The fourth-order valence-corrected chi connectivity index (χ4v) is 2.84. The smallest absolute Gasteiger partial charge is 0.0630 e. The first-order valence-corrected chi connectivity index (χ1v) is 7.20. The van der Waals surface area contributed by atoms with Crippen molar-refractivity contribution in [2.45, 2.75) is 25.3 Å². The molecule has 0 radical (unpaired) electrons. The number of hydrogen-bond donors (Lipinski definition) is 2. The average molecular weight is 313 g/mol. The molecule has 1 fully saturated rings. The van der Waals surface area contributed by atoms with Crippen LogP contribution in [0.3, 0.4) is 0 Å². The number of rotatable bonds is 3. The van der Waals surface area contributed by atoms with Gasteiger partial charge < -0.3 is 15.3 Å². The number of aryl methyl sites for hydroxylation is 1. The van der Waals surface area contributed by atoms with Crippen LogP contribution < -0.4 is 10.2 Å². The Morgan fingerprint density at radius 2 is 2.28 bits per heavy atom. The number of benzene rings is 1. The second kappa shape index (κ2) is 5.59. The molecule has 2 rings (SSSR count). The van der Waals surface area contributed by atoms with Crippen LogP contribution in [0.1, 0.15) is 18.4 Å². The van der Waals surface area contributed by atoms with Gasteiger partial charge in [-0.25, -0.2) is 0 Å². The molecule has 1 aromatic carbocycles. The van der Waals surface area contributed by atoms with E-state index >= 15 is 0 Å². The second-order valence-electron chi connectivity index (χ2n) is 5.15. The van der Waals surface area contributed by atoms with Crippen molar-refractivity contribution in [2.75, 3.05) is 31.6 Å². The molecule has 4 heteroatoms. The highest BCUT2D eigenvalue weighted by atomic mass is 79.9. The molecular formula is C14H21BrN2O. The van der Waals surface area contributed by atoms with Crippen LogP contribution in [0.2, 0.25) is 0 Å². The zero-order valence-electron chi connectivity index (χ0n) is 11.0. The molecule has 0 amide bonds. The van der Waals surface area contributed by atoms with Crippen LogP contribution in [-0.4, -0.2) is 37.4 Å². The Morgan fingerprint density at radius 1 is 1.50 bits per heavy atom. The second-order valence-corrected chi connectivity index (χ2v) is 6.00. The van der Waals surface area contributed by atoms with Gasteiger partial charge in [-0.2, -0.15) is 0 Å². The Labute approximate surface area is 117 Å². The van der Waals surface area contributed by atoms with Gasteiger partial charge >= 0.3 is 0 Å². The van der Waals surface area contributed by atoms with Crippen molar-refractivity contribution in [3.8, 4) is 0 Å². The summed E-state index contributed by atoms with van der Waals surface area (Å²) < 4.78 is 1.14. The number of nitrogens with zero attached hydrogens (tertiary/aromatic N) is 1. The molecule has 100 valence electrons. The zero-order valence-corrected chi connectivity index (χ0v) is 12.6. The maximum atomic E-state index is 9.61. The zero-order chi connectivity index (χ0) is 13.2. The molecule has 1 aliphatic rings. The van der Waals surface area contributed by atoms with Crippen molar-refractivity contribution in [1.82, 2.24) is 5.32 Å². The van der Waals surface area contributed by atoms with Crippen molar-refractivity contribution in [2.24, 2.45) is 0 Å². The van der Waals surface area contributed by atoms with E-state index in [9.17, 15) is 5.11 Å². The van der Waals surface area contributed by atoms with Crippen LogP contribution in [-0.2, 0) is 0 Å². The summed E-state index contributed by atoms with van der Waals surface area (Å²) in [5.74, 6) is 0. The molecular weight excluding hydrogens is 292 g/mol. The van der Waals surface area contributed by atoms with Crippen LogP contribution in [0.15, 0.2) is 22.7 Å². The first-order valence-electron chi connectivity index (χ1n) is 6.41. The molecule has 2 N–H and O–H groups in total. The number of piperidine rings is 1. The summed E-state index contributed by atoms with van der Waals surface area (Å²) in [6, 6.07) is 6.44. The molecule has 0 spiro atoms. The maximum absolute atomic E-state index is 9.61. The molecule has 1 unspecified atom stereocenters. The molecule has 1 atom stereocenters. The van der Waals surface area contributed by atoms with Gasteiger partial charge in [-0.15, -0.1) is 0 Å². The van der Waals surface area contributed by atoms with E-state index < -0.39 is 0 Å². The highest BCUT2D eigenvalue weighted by Crippen LogP contribution is 2.28. The summed E-state index contributed by atoms with van der Waals surface area (Å²) in [6.07, 6.45) is 2.14. The Kier molecular flexibility index (Phi) is 4.30. The lowest BCUT2D eigenvalue weighted by atomic mass is 9.89. The fourth-order valence-electron chi connectivity index (χ4n) is 2.59. The highest BCUT2D eigenvalue weighted by Gasteiger charge is 2.33. The minimum Gasteiger partial charge on any atom is -0.394 e. The van der Waals surface area contributed by atoms with Crippen molar-refractivity contribution in [3.05, 3.63) is 28.2 Å². The molecule has 0 aliphatic carbocycles. The summed E-state index contributed by atoms with van der Waals surface area (Å²) in [6.45, 7) is 4.22. The van der Waals surface area contributed by atoms with E-state index in [1.807, 2.05) is 7.05 Å². The topological polar surface area (TPSA) is 35.5 Å². The van der Waals surface area contributed by atoms with E-state index in [2.05, 4.69) is 51.3 Å². The first-order chi connectivity index (χ1) is 8.60.